The lowest BCUT2D eigenvalue weighted by Crippen LogP contribution is -2.44. The summed E-state index contributed by atoms with van der Waals surface area (Å²) in [6, 6.07) is 7.14. The summed E-state index contributed by atoms with van der Waals surface area (Å²) < 4.78 is 14.1. The second kappa shape index (κ2) is 10.6. The summed E-state index contributed by atoms with van der Waals surface area (Å²) in [5.74, 6) is 0.709. The Hall–Kier alpha value is -0.930. The Kier molecular flexibility index (Phi) is 8.75. The van der Waals surface area contributed by atoms with Crippen molar-refractivity contribution >= 4 is 29.9 Å². The number of nitrogens with one attached hydrogen (secondary N) is 2. The highest BCUT2D eigenvalue weighted by atomic mass is 127. The average Bonchev–Trinajstić information content (AvgIpc) is 3.45. The van der Waals surface area contributed by atoms with E-state index >= 15 is 0 Å². The number of nitrogens with zero attached hydrogens (tertiary/aromatic N) is 3. The fraction of sp³-hybridized carbons (Fsp3) is 0.650. The molecule has 2 aliphatic rings. The highest BCUT2D eigenvalue weighted by molar-refractivity contribution is 14.0. The molecule has 1 saturated heterocycles. The minimum absolute atomic E-state index is 0. The van der Waals surface area contributed by atoms with Crippen molar-refractivity contribution in [1.29, 1.82) is 0 Å². The van der Waals surface area contributed by atoms with Gasteiger partial charge >= 0.3 is 0 Å². The lowest BCUT2D eigenvalue weighted by molar-refractivity contribution is 0.280. The molecule has 7 heteroatoms. The largest absolute Gasteiger partial charge is 0.356 e. The van der Waals surface area contributed by atoms with Gasteiger partial charge in [0.2, 0.25) is 0 Å². The summed E-state index contributed by atoms with van der Waals surface area (Å²) in [7, 11) is 3.98. The molecule has 3 rings (SSSR count). The van der Waals surface area contributed by atoms with Crippen molar-refractivity contribution in [2.24, 2.45) is 4.99 Å². The molecule has 0 atom stereocenters. The fourth-order valence-electron chi connectivity index (χ4n) is 3.71. The molecule has 5 nitrogen and oxygen atoms in total. The zero-order valence-corrected chi connectivity index (χ0v) is 18.8. The first kappa shape index (κ1) is 22.4. The molecular weight excluding hydrogens is 456 g/mol. The number of halogens is 2. The molecule has 0 amide bonds. The van der Waals surface area contributed by atoms with Gasteiger partial charge in [0.05, 0.1) is 0 Å². The monoisotopic (exact) mass is 489 g/mol. The number of likely N-dealkylation sites (N-methyl/N-ethyl adjacent to an activating group) is 1. The Bertz CT molecular complexity index is 620. The Morgan fingerprint density at radius 2 is 1.93 bits per heavy atom. The standard InChI is InChI=1S/C20H32FN5.HI/c1-22-19(23-10-13-26-12-5-11-25(2)14-15-26)24-16-20(8-9-20)17-6-3-4-7-18(17)21;/h3-4,6-7H,5,8-16H2,1-2H3,(H2,22,23,24);1H. The maximum atomic E-state index is 14.1. The van der Waals surface area contributed by atoms with E-state index in [2.05, 4.69) is 32.5 Å². The molecule has 1 heterocycles. The molecule has 27 heavy (non-hydrogen) atoms. The third-order valence-corrected chi connectivity index (χ3v) is 5.65. The Balaban J connectivity index is 0.00000261. The summed E-state index contributed by atoms with van der Waals surface area (Å²) in [4.78, 5) is 9.22. The van der Waals surface area contributed by atoms with Crippen LogP contribution in [-0.4, -0.2) is 75.7 Å². The van der Waals surface area contributed by atoms with Crippen LogP contribution >= 0.6 is 24.0 Å². The smallest absolute Gasteiger partial charge is 0.191 e. The van der Waals surface area contributed by atoms with Gasteiger partial charge in [-0.3, -0.25) is 4.99 Å². The van der Waals surface area contributed by atoms with E-state index in [-0.39, 0.29) is 35.2 Å². The van der Waals surface area contributed by atoms with Crippen LogP contribution in [-0.2, 0) is 5.41 Å². The molecule has 0 bridgehead atoms. The molecule has 152 valence electrons. The lowest BCUT2D eigenvalue weighted by atomic mass is 9.95. The van der Waals surface area contributed by atoms with Gasteiger partial charge in [-0.1, -0.05) is 18.2 Å². The van der Waals surface area contributed by atoms with Gasteiger partial charge in [-0.05, 0) is 51.0 Å². The van der Waals surface area contributed by atoms with Crippen LogP contribution in [0.4, 0.5) is 4.39 Å². The topological polar surface area (TPSA) is 42.9 Å². The predicted molar refractivity (Wildman–Crippen MR) is 121 cm³/mol. The Morgan fingerprint density at radius 3 is 2.63 bits per heavy atom. The third-order valence-electron chi connectivity index (χ3n) is 5.65. The zero-order chi connectivity index (χ0) is 18.4. The molecule has 1 saturated carbocycles. The third kappa shape index (κ3) is 6.29. The van der Waals surface area contributed by atoms with Crippen molar-refractivity contribution in [1.82, 2.24) is 20.4 Å². The molecule has 0 unspecified atom stereocenters. The van der Waals surface area contributed by atoms with Crippen LogP contribution in [0, 0.1) is 5.82 Å². The summed E-state index contributed by atoms with van der Waals surface area (Å²) in [6.07, 6.45) is 3.28. The van der Waals surface area contributed by atoms with Gasteiger partial charge in [0.15, 0.2) is 5.96 Å². The maximum Gasteiger partial charge on any atom is 0.191 e. The van der Waals surface area contributed by atoms with Crippen LogP contribution in [0.25, 0.3) is 0 Å². The average molecular weight is 489 g/mol. The van der Waals surface area contributed by atoms with Crippen molar-refractivity contribution in [3.8, 4) is 0 Å². The van der Waals surface area contributed by atoms with Gasteiger partial charge in [-0.2, -0.15) is 0 Å². The van der Waals surface area contributed by atoms with Gasteiger partial charge in [-0.25, -0.2) is 4.39 Å². The second-order valence-corrected chi connectivity index (χ2v) is 7.61. The molecular formula is C20H33FIN5. The minimum atomic E-state index is -0.0964. The normalized spacial score (nSPS) is 20.5. The first-order valence-electron chi connectivity index (χ1n) is 9.73. The van der Waals surface area contributed by atoms with Crippen LogP contribution in [0.3, 0.4) is 0 Å². The SMILES string of the molecule is CN=C(NCCN1CCCN(C)CC1)NCC1(c2ccccc2F)CC1.I. The van der Waals surface area contributed by atoms with E-state index in [1.807, 2.05) is 12.1 Å². The molecule has 1 aromatic rings. The number of aliphatic imine (C=N–C) groups is 1. The van der Waals surface area contributed by atoms with Crippen molar-refractivity contribution in [2.75, 3.05) is 59.9 Å². The maximum absolute atomic E-state index is 14.1. The first-order chi connectivity index (χ1) is 12.6. The number of guanidine groups is 1. The van der Waals surface area contributed by atoms with Crippen LogP contribution in [0.2, 0.25) is 0 Å². The van der Waals surface area contributed by atoms with E-state index in [1.54, 1.807) is 19.2 Å². The van der Waals surface area contributed by atoms with Gasteiger partial charge in [0, 0.05) is 45.2 Å². The molecule has 0 radical (unpaired) electrons. The van der Waals surface area contributed by atoms with Gasteiger partial charge in [-0.15, -0.1) is 24.0 Å². The molecule has 1 aliphatic carbocycles. The van der Waals surface area contributed by atoms with Crippen LogP contribution in [0.15, 0.2) is 29.3 Å². The summed E-state index contributed by atoms with van der Waals surface area (Å²) in [5.41, 5.74) is 0.759. The van der Waals surface area contributed by atoms with Crippen molar-refractivity contribution in [3.05, 3.63) is 35.6 Å². The highest BCUT2D eigenvalue weighted by Crippen LogP contribution is 2.48. The molecule has 0 aromatic heterocycles. The number of rotatable bonds is 6. The second-order valence-electron chi connectivity index (χ2n) is 7.61. The first-order valence-corrected chi connectivity index (χ1v) is 9.73. The molecule has 2 N–H and O–H groups in total. The number of hydrogen-bond acceptors (Lipinski definition) is 3. The number of hydrogen-bond donors (Lipinski definition) is 2. The van der Waals surface area contributed by atoms with Gasteiger partial charge < -0.3 is 20.4 Å². The fourth-order valence-corrected chi connectivity index (χ4v) is 3.71. The summed E-state index contributed by atoms with van der Waals surface area (Å²) >= 11 is 0. The van der Waals surface area contributed by atoms with Gasteiger partial charge in [0.1, 0.15) is 5.82 Å². The quantitative estimate of drug-likeness (QED) is 0.366. The van der Waals surface area contributed by atoms with E-state index < -0.39 is 0 Å². The van der Waals surface area contributed by atoms with E-state index in [1.165, 1.54) is 13.0 Å². The summed E-state index contributed by atoms with van der Waals surface area (Å²) in [5, 5.41) is 6.81. The molecule has 2 fully saturated rings. The van der Waals surface area contributed by atoms with E-state index in [9.17, 15) is 4.39 Å². The zero-order valence-electron chi connectivity index (χ0n) is 16.5. The van der Waals surface area contributed by atoms with E-state index in [0.717, 1.165) is 63.6 Å². The van der Waals surface area contributed by atoms with Crippen molar-refractivity contribution in [3.63, 3.8) is 0 Å². The Labute approximate surface area is 179 Å². The van der Waals surface area contributed by atoms with Crippen molar-refractivity contribution < 1.29 is 4.39 Å². The molecule has 1 aliphatic heterocycles. The number of benzene rings is 1. The predicted octanol–water partition coefficient (Wildman–Crippen LogP) is 2.28. The van der Waals surface area contributed by atoms with Crippen LogP contribution < -0.4 is 10.6 Å². The van der Waals surface area contributed by atoms with Crippen molar-refractivity contribution in [2.45, 2.75) is 24.7 Å². The molecule has 1 aromatic carbocycles. The van der Waals surface area contributed by atoms with Gasteiger partial charge in [0.25, 0.3) is 0 Å². The Morgan fingerprint density at radius 1 is 1.15 bits per heavy atom. The summed E-state index contributed by atoms with van der Waals surface area (Å²) in [6.45, 7) is 7.23. The molecule has 0 spiro atoms. The van der Waals surface area contributed by atoms with E-state index in [4.69, 9.17) is 0 Å². The minimum Gasteiger partial charge on any atom is -0.356 e. The highest BCUT2D eigenvalue weighted by Gasteiger charge is 2.45. The van der Waals surface area contributed by atoms with Crippen LogP contribution in [0.5, 0.6) is 0 Å². The lowest BCUT2D eigenvalue weighted by Gasteiger charge is -2.22. The van der Waals surface area contributed by atoms with Crippen LogP contribution in [0.1, 0.15) is 24.8 Å². The van der Waals surface area contributed by atoms with E-state index in [0.29, 0.717) is 0 Å².